The second-order valence-electron chi connectivity index (χ2n) is 14.5. The van der Waals surface area contributed by atoms with Crippen LogP contribution in [0.25, 0.3) is 87.6 Å². The molecule has 0 N–H and O–H groups in total. The van der Waals surface area contributed by atoms with Gasteiger partial charge in [0.1, 0.15) is 11.2 Å². The predicted molar refractivity (Wildman–Crippen MR) is 237 cm³/mol. The average molecular weight is 714 g/mol. The van der Waals surface area contributed by atoms with Crippen molar-refractivity contribution < 1.29 is 4.42 Å². The van der Waals surface area contributed by atoms with Crippen molar-refractivity contribution in [2.75, 3.05) is 4.90 Å². The summed E-state index contributed by atoms with van der Waals surface area (Å²) in [5, 5.41) is 9.58. The molecule has 0 amide bonds. The normalized spacial score (nSPS) is 11.6. The molecular formula is C54H35NO. The van der Waals surface area contributed by atoms with Crippen LogP contribution in [0.15, 0.2) is 217 Å². The van der Waals surface area contributed by atoms with Gasteiger partial charge in [-0.3, -0.25) is 0 Å². The summed E-state index contributed by atoms with van der Waals surface area (Å²) in [4.78, 5) is 2.41. The monoisotopic (exact) mass is 713 g/mol. The van der Waals surface area contributed by atoms with Gasteiger partial charge < -0.3 is 9.32 Å². The van der Waals surface area contributed by atoms with Gasteiger partial charge in [0, 0.05) is 33.8 Å². The Kier molecular flexibility index (Phi) is 7.53. The summed E-state index contributed by atoms with van der Waals surface area (Å²) >= 11 is 0. The summed E-state index contributed by atoms with van der Waals surface area (Å²) in [6.45, 7) is 0. The maximum absolute atomic E-state index is 6.52. The Morgan fingerprint density at radius 2 is 0.929 bits per heavy atom. The summed E-state index contributed by atoms with van der Waals surface area (Å²) in [5.74, 6) is 0. The lowest BCUT2D eigenvalue weighted by Gasteiger charge is -2.30. The van der Waals surface area contributed by atoms with Crippen molar-refractivity contribution >= 4 is 71.3 Å². The Balaban J connectivity index is 1.22. The van der Waals surface area contributed by atoms with E-state index in [4.69, 9.17) is 4.42 Å². The van der Waals surface area contributed by atoms with Crippen LogP contribution in [0.3, 0.4) is 0 Å². The molecule has 0 aliphatic rings. The molecule has 0 radical (unpaired) electrons. The van der Waals surface area contributed by atoms with E-state index in [9.17, 15) is 0 Å². The highest BCUT2D eigenvalue weighted by atomic mass is 16.3. The Morgan fingerprint density at radius 1 is 0.304 bits per heavy atom. The van der Waals surface area contributed by atoms with Crippen molar-refractivity contribution in [3.05, 3.63) is 212 Å². The zero-order chi connectivity index (χ0) is 37.0. The molecule has 262 valence electrons. The van der Waals surface area contributed by atoms with Crippen LogP contribution < -0.4 is 4.90 Å². The van der Waals surface area contributed by atoms with Crippen LogP contribution in [0, 0.1) is 0 Å². The molecule has 0 atom stereocenters. The Labute approximate surface area is 325 Å². The van der Waals surface area contributed by atoms with Crippen LogP contribution in [0.2, 0.25) is 0 Å². The molecule has 10 aromatic carbocycles. The minimum absolute atomic E-state index is 0.859. The molecule has 0 aliphatic heterocycles. The van der Waals surface area contributed by atoms with Crippen molar-refractivity contribution in [2.45, 2.75) is 0 Å². The molecular weight excluding hydrogens is 679 g/mol. The number of rotatable bonds is 6. The highest BCUT2D eigenvalue weighted by molar-refractivity contribution is 6.17. The third-order valence-corrected chi connectivity index (χ3v) is 11.2. The third kappa shape index (κ3) is 5.34. The van der Waals surface area contributed by atoms with E-state index < -0.39 is 0 Å². The molecule has 0 aliphatic carbocycles. The number of anilines is 3. The van der Waals surface area contributed by atoms with E-state index in [2.05, 4.69) is 205 Å². The van der Waals surface area contributed by atoms with Crippen LogP contribution in [0.5, 0.6) is 0 Å². The first kappa shape index (κ1) is 32.0. The Hall–Kier alpha value is -7.42. The molecule has 0 fully saturated rings. The maximum atomic E-state index is 6.52. The lowest BCUT2D eigenvalue weighted by molar-refractivity contribution is 0.669. The van der Waals surface area contributed by atoms with Gasteiger partial charge in [-0.1, -0.05) is 158 Å². The van der Waals surface area contributed by atoms with Gasteiger partial charge in [0.15, 0.2) is 0 Å². The van der Waals surface area contributed by atoms with Crippen LogP contribution >= 0.6 is 0 Å². The number of nitrogens with zero attached hydrogens (tertiary/aromatic N) is 1. The highest BCUT2D eigenvalue weighted by Gasteiger charge is 2.24. The Morgan fingerprint density at radius 3 is 1.77 bits per heavy atom. The highest BCUT2D eigenvalue weighted by Crippen LogP contribution is 2.49. The maximum Gasteiger partial charge on any atom is 0.137 e. The summed E-state index contributed by atoms with van der Waals surface area (Å²) < 4.78 is 6.52. The number of benzene rings is 10. The molecule has 0 unspecified atom stereocenters. The molecule has 2 heteroatoms. The molecule has 1 heterocycles. The van der Waals surface area contributed by atoms with Crippen LogP contribution in [0.1, 0.15) is 0 Å². The van der Waals surface area contributed by atoms with E-state index in [-0.39, 0.29) is 0 Å². The molecule has 2 nitrogen and oxygen atoms in total. The first-order valence-corrected chi connectivity index (χ1v) is 19.2. The third-order valence-electron chi connectivity index (χ3n) is 11.2. The predicted octanol–water partition coefficient (Wildman–Crippen LogP) is 15.5. The van der Waals surface area contributed by atoms with E-state index in [0.717, 1.165) is 39.0 Å². The largest absolute Gasteiger partial charge is 0.456 e. The quantitative estimate of drug-likeness (QED) is 0.160. The van der Waals surface area contributed by atoms with Gasteiger partial charge in [0.25, 0.3) is 0 Å². The van der Waals surface area contributed by atoms with E-state index in [1.165, 1.54) is 65.7 Å². The molecule has 0 saturated heterocycles. The van der Waals surface area contributed by atoms with Gasteiger partial charge in [0.2, 0.25) is 0 Å². The summed E-state index contributed by atoms with van der Waals surface area (Å²) in [6.07, 6.45) is 0. The molecule has 11 rings (SSSR count). The summed E-state index contributed by atoms with van der Waals surface area (Å²) in [6, 6.07) is 76.7. The van der Waals surface area contributed by atoms with Crippen LogP contribution in [-0.4, -0.2) is 0 Å². The fourth-order valence-electron chi connectivity index (χ4n) is 8.58. The van der Waals surface area contributed by atoms with Gasteiger partial charge >= 0.3 is 0 Å². The standard InChI is InChI=1S/C54H35NO/c1-2-13-36(14-3-1)38-27-29-42(30-28-38)55(43-31-32-49-48-21-10-11-24-52(48)56-53(49)35-43)51-23-12-22-45(41-26-25-37-15-4-5-16-39(37)33-41)54(51)50-34-40-17-6-7-18-44(40)46-19-8-9-20-47(46)50/h1-35H. The number of hydrogen-bond donors (Lipinski definition) is 0. The summed E-state index contributed by atoms with van der Waals surface area (Å²) in [5.41, 5.74) is 12.0. The fourth-order valence-corrected chi connectivity index (χ4v) is 8.58. The SMILES string of the molecule is c1ccc(-c2ccc(N(c3ccc4c(c3)oc3ccccc34)c3cccc(-c4ccc5ccccc5c4)c3-c3cc4ccccc4c4ccccc34)cc2)cc1. The van der Waals surface area contributed by atoms with Crippen LogP contribution in [-0.2, 0) is 0 Å². The van der Waals surface area contributed by atoms with E-state index >= 15 is 0 Å². The second kappa shape index (κ2) is 13.2. The molecule has 0 spiro atoms. The smallest absolute Gasteiger partial charge is 0.137 e. The first-order valence-electron chi connectivity index (χ1n) is 19.2. The molecule has 0 bridgehead atoms. The van der Waals surface area contributed by atoms with E-state index in [1.54, 1.807) is 0 Å². The van der Waals surface area contributed by atoms with Gasteiger partial charge in [-0.2, -0.15) is 0 Å². The van der Waals surface area contributed by atoms with Crippen molar-refractivity contribution in [3.8, 4) is 33.4 Å². The topological polar surface area (TPSA) is 16.4 Å². The van der Waals surface area contributed by atoms with Gasteiger partial charge in [-0.25, -0.2) is 0 Å². The Bertz CT molecular complexity index is 3250. The zero-order valence-electron chi connectivity index (χ0n) is 30.6. The number of fused-ring (bicyclic) bond motifs is 7. The lowest BCUT2D eigenvalue weighted by atomic mass is 9.87. The zero-order valence-corrected chi connectivity index (χ0v) is 30.6. The first-order chi connectivity index (χ1) is 27.8. The fraction of sp³-hybridized carbons (Fsp3) is 0. The molecule has 1 aromatic heterocycles. The van der Waals surface area contributed by atoms with Crippen molar-refractivity contribution in [3.63, 3.8) is 0 Å². The molecule has 56 heavy (non-hydrogen) atoms. The van der Waals surface area contributed by atoms with Crippen molar-refractivity contribution in [2.24, 2.45) is 0 Å². The van der Waals surface area contributed by atoms with Crippen molar-refractivity contribution in [1.29, 1.82) is 0 Å². The van der Waals surface area contributed by atoms with Crippen LogP contribution in [0.4, 0.5) is 17.1 Å². The van der Waals surface area contributed by atoms with E-state index in [0.29, 0.717) is 0 Å². The molecule has 11 aromatic rings. The average Bonchev–Trinajstić information content (AvgIpc) is 3.64. The summed E-state index contributed by atoms with van der Waals surface area (Å²) in [7, 11) is 0. The minimum atomic E-state index is 0.859. The molecule has 0 saturated carbocycles. The minimum Gasteiger partial charge on any atom is -0.456 e. The number of furan rings is 1. The van der Waals surface area contributed by atoms with E-state index in [1.807, 2.05) is 12.1 Å². The number of hydrogen-bond acceptors (Lipinski definition) is 2. The lowest BCUT2D eigenvalue weighted by Crippen LogP contribution is -2.12. The van der Waals surface area contributed by atoms with Gasteiger partial charge in [0.05, 0.1) is 5.69 Å². The van der Waals surface area contributed by atoms with Gasteiger partial charge in [-0.15, -0.1) is 0 Å². The van der Waals surface area contributed by atoms with Crippen molar-refractivity contribution in [1.82, 2.24) is 0 Å². The second-order valence-corrected chi connectivity index (χ2v) is 14.5. The number of para-hydroxylation sites is 1. The van der Waals surface area contributed by atoms with Gasteiger partial charge in [-0.05, 0) is 109 Å².